The lowest BCUT2D eigenvalue weighted by atomic mass is 10.2. The Morgan fingerprint density at radius 2 is 1.95 bits per heavy atom. The van der Waals surface area contributed by atoms with Crippen molar-refractivity contribution in [3.8, 4) is 0 Å². The van der Waals surface area contributed by atoms with Crippen molar-refractivity contribution in [2.75, 3.05) is 5.32 Å². The Bertz CT molecular complexity index is 671. The molecule has 2 rings (SSSR count). The van der Waals surface area contributed by atoms with Gasteiger partial charge in [0.05, 0.1) is 5.25 Å². The van der Waals surface area contributed by atoms with Gasteiger partial charge in [-0.2, -0.15) is 0 Å². The molecule has 2 aromatic rings. The van der Waals surface area contributed by atoms with E-state index in [1.807, 2.05) is 36.5 Å². The number of nitrogens with one attached hydrogen (secondary N) is 2. The van der Waals surface area contributed by atoms with E-state index in [-0.39, 0.29) is 0 Å². The molecular formula is C13H15N5O2S2. The van der Waals surface area contributed by atoms with Gasteiger partial charge in [0, 0.05) is 5.69 Å². The maximum Gasteiger partial charge on any atom is 0.318 e. The number of nitrogens with zero attached hydrogens (tertiary/aromatic N) is 2. The van der Waals surface area contributed by atoms with Gasteiger partial charge in [-0.3, -0.25) is 10.1 Å². The van der Waals surface area contributed by atoms with Crippen LogP contribution in [0, 0.1) is 6.92 Å². The minimum atomic E-state index is -0.864. The van der Waals surface area contributed by atoms with Gasteiger partial charge in [0.2, 0.25) is 11.0 Å². The van der Waals surface area contributed by atoms with Crippen molar-refractivity contribution in [2.45, 2.75) is 23.4 Å². The molecular weight excluding hydrogens is 322 g/mol. The highest BCUT2D eigenvalue weighted by atomic mass is 32.2. The van der Waals surface area contributed by atoms with Gasteiger partial charge in [0.25, 0.3) is 0 Å². The number of hydrogen-bond donors (Lipinski definition) is 3. The van der Waals surface area contributed by atoms with Gasteiger partial charge < -0.3 is 11.1 Å². The summed E-state index contributed by atoms with van der Waals surface area (Å²) in [7, 11) is 0. The first kappa shape index (κ1) is 16.2. The summed E-state index contributed by atoms with van der Waals surface area (Å²) in [4.78, 5) is 22.2. The zero-order chi connectivity index (χ0) is 16.1. The molecule has 1 heterocycles. The highest BCUT2D eigenvalue weighted by Gasteiger charge is 2.18. The molecule has 22 heavy (non-hydrogen) atoms. The average Bonchev–Trinajstić information content (AvgIpc) is 2.88. The van der Waals surface area contributed by atoms with Crippen LogP contribution in [0.1, 0.15) is 12.5 Å². The van der Waals surface area contributed by atoms with Crippen LogP contribution in [0.3, 0.4) is 0 Å². The highest BCUT2D eigenvalue weighted by molar-refractivity contribution is 8.02. The van der Waals surface area contributed by atoms with Gasteiger partial charge in [0.1, 0.15) is 0 Å². The average molecular weight is 337 g/mol. The van der Waals surface area contributed by atoms with Gasteiger partial charge in [-0.1, -0.05) is 40.8 Å². The summed E-state index contributed by atoms with van der Waals surface area (Å²) in [5.41, 5.74) is 7.00. The quantitative estimate of drug-likeness (QED) is 0.722. The number of urea groups is 1. The van der Waals surface area contributed by atoms with Crippen molar-refractivity contribution in [3.63, 3.8) is 0 Å². The molecule has 116 valence electrons. The third-order valence-corrected chi connectivity index (χ3v) is 4.63. The highest BCUT2D eigenvalue weighted by Crippen LogP contribution is 2.30. The van der Waals surface area contributed by atoms with Crippen molar-refractivity contribution in [1.29, 1.82) is 0 Å². The number of aromatic nitrogens is 2. The molecule has 0 radical (unpaired) electrons. The number of thioether (sulfide) groups is 1. The van der Waals surface area contributed by atoms with Crippen LogP contribution >= 0.6 is 23.1 Å². The van der Waals surface area contributed by atoms with Crippen LogP contribution in [0.2, 0.25) is 0 Å². The summed E-state index contributed by atoms with van der Waals surface area (Å²) in [5.74, 6) is -0.458. The SMILES string of the molecule is Cc1ccc(Nc2nnc(S[C@@H](C)C(=O)NC(N)=O)s2)cc1. The zero-order valence-electron chi connectivity index (χ0n) is 12.0. The van der Waals surface area contributed by atoms with E-state index >= 15 is 0 Å². The maximum atomic E-state index is 11.6. The first-order valence-electron chi connectivity index (χ1n) is 6.38. The Hall–Kier alpha value is -2.13. The number of benzene rings is 1. The fourth-order valence-corrected chi connectivity index (χ4v) is 3.41. The molecule has 0 spiro atoms. The van der Waals surface area contributed by atoms with E-state index in [2.05, 4.69) is 15.5 Å². The van der Waals surface area contributed by atoms with Gasteiger partial charge in [-0.25, -0.2) is 4.79 Å². The summed E-state index contributed by atoms with van der Waals surface area (Å²) in [6, 6.07) is 7.03. The second-order valence-corrected chi connectivity index (χ2v) is 7.04. The van der Waals surface area contributed by atoms with Gasteiger partial charge in [-0.05, 0) is 26.0 Å². The molecule has 0 bridgehead atoms. The Labute approximate surface area is 135 Å². The molecule has 1 aromatic heterocycles. The van der Waals surface area contributed by atoms with E-state index < -0.39 is 17.2 Å². The van der Waals surface area contributed by atoms with Crippen LogP contribution in [0.25, 0.3) is 0 Å². The van der Waals surface area contributed by atoms with Gasteiger partial charge in [-0.15, -0.1) is 10.2 Å². The fourth-order valence-electron chi connectivity index (χ4n) is 1.50. The Morgan fingerprint density at radius 1 is 1.27 bits per heavy atom. The summed E-state index contributed by atoms with van der Waals surface area (Å²) in [6.07, 6.45) is 0. The van der Waals surface area contributed by atoms with Crippen LogP contribution in [-0.4, -0.2) is 27.4 Å². The predicted molar refractivity (Wildman–Crippen MR) is 87.4 cm³/mol. The largest absolute Gasteiger partial charge is 0.351 e. The monoisotopic (exact) mass is 337 g/mol. The fraction of sp³-hybridized carbons (Fsp3) is 0.231. The van der Waals surface area contributed by atoms with E-state index in [0.717, 1.165) is 5.69 Å². The van der Waals surface area contributed by atoms with Crippen LogP contribution in [0.5, 0.6) is 0 Å². The number of primary amides is 1. The Balaban J connectivity index is 1.95. The molecule has 0 saturated heterocycles. The standard InChI is InChI=1S/C13H15N5O2S2/c1-7-3-5-9(6-4-7)15-12-17-18-13(22-12)21-8(2)10(19)16-11(14)20/h3-6,8H,1-2H3,(H,15,17)(H3,14,16,19,20)/t8-/m0/s1. The van der Waals surface area contributed by atoms with Crippen molar-refractivity contribution in [2.24, 2.45) is 5.73 Å². The molecule has 0 fully saturated rings. The lowest BCUT2D eigenvalue weighted by Gasteiger charge is -2.06. The molecule has 4 N–H and O–H groups in total. The van der Waals surface area contributed by atoms with Crippen molar-refractivity contribution >= 4 is 45.9 Å². The number of amides is 3. The number of aryl methyl sites for hydroxylation is 1. The number of carbonyl (C=O) groups is 2. The number of hydrogen-bond acceptors (Lipinski definition) is 7. The molecule has 0 saturated carbocycles. The first-order chi connectivity index (χ1) is 10.4. The molecule has 1 aromatic carbocycles. The van der Waals surface area contributed by atoms with E-state index in [4.69, 9.17) is 5.73 Å². The van der Waals surface area contributed by atoms with Crippen LogP contribution in [0.15, 0.2) is 28.6 Å². The molecule has 9 heteroatoms. The summed E-state index contributed by atoms with van der Waals surface area (Å²) < 4.78 is 0.627. The van der Waals surface area contributed by atoms with Crippen LogP contribution in [0.4, 0.5) is 15.6 Å². The van der Waals surface area contributed by atoms with E-state index in [0.29, 0.717) is 9.47 Å². The minimum Gasteiger partial charge on any atom is -0.351 e. The topological polar surface area (TPSA) is 110 Å². The second kappa shape index (κ2) is 7.23. The zero-order valence-corrected chi connectivity index (χ0v) is 13.6. The molecule has 1 atom stereocenters. The Kier molecular flexibility index (Phi) is 5.34. The molecule has 7 nitrogen and oxygen atoms in total. The smallest absolute Gasteiger partial charge is 0.318 e. The third kappa shape index (κ3) is 4.71. The molecule has 0 unspecified atom stereocenters. The second-order valence-electron chi connectivity index (χ2n) is 4.48. The lowest BCUT2D eigenvalue weighted by Crippen LogP contribution is -2.39. The lowest BCUT2D eigenvalue weighted by molar-refractivity contribution is -0.119. The van der Waals surface area contributed by atoms with E-state index in [9.17, 15) is 9.59 Å². The normalized spacial score (nSPS) is 11.7. The van der Waals surface area contributed by atoms with Crippen molar-refractivity contribution in [3.05, 3.63) is 29.8 Å². The number of nitrogens with two attached hydrogens (primary N) is 1. The summed E-state index contributed by atoms with van der Waals surface area (Å²) >= 11 is 2.54. The third-order valence-electron chi connectivity index (χ3n) is 2.60. The van der Waals surface area contributed by atoms with Gasteiger partial charge >= 0.3 is 6.03 Å². The Morgan fingerprint density at radius 3 is 2.59 bits per heavy atom. The first-order valence-corrected chi connectivity index (χ1v) is 8.08. The van der Waals surface area contributed by atoms with Crippen LogP contribution in [-0.2, 0) is 4.79 Å². The van der Waals surface area contributed by atoms with Crippen molar-refractivity contribution in [1.82, 2.24) is 15.5 Å². The van der Waals surface area contributed by atoms with Gasteiger partial charge in [0.15, 0.2) is 4.34 Å². The number of carbonyl (C=O) groups excluding carboxylic acids is 2. The number of anilines is 2. The summed E-state index contributed by atoms with van der Waals surface area (Å²) in [6.45, 7) is 3.68. The van der Waals surface area contributed by atoms with E-state index in [1.165, 1.54) is 28.7 Å². The van der Waals surface area contributed by atoms with Crippen LogP contribution < -0.4 is 16.4 Å². The maximum absolute atomic E-state index is 11.6. The molecule has 0 aliphatic heterocycles. The summed E-state index contributed by atoms with van der Waals surface area (Å²) in [5, 5.41) is 13.3. The number of imide groups is 1. The van der Waals surface area contributed by atoms with E-state index in [1.54, 1.807) is 6.92 Å². The minimum absolute atomic E-state index is 0.458. The molecule has 3 amide bonds. The predicted octanol–water partition coefficient (Wildman–Crippen LogP) is 2.27. The number of rotatable bonds is 5. The molecule has 0 aliphatic carbocycles. The molecule has 0 aliphatic rings. The van der Waals surface area contributed by atoms with Crippen molar-refractivity contribution < 1.29 is 9.59 Å².